The van der Waals surface area contributed by atoms with E-state index in [1.165, 1.54) is 0 Å². The number of aliphatic carboxylic acids is 1. The molecule has 0 unspecified atom stereocenters. The third-order valence-electron chi connectivity index (χ3n) is 1.84. The van der Waals surface area contributed by atoms with Crippen molar-refractivity contribution in [2.24, 2.45) is 5.92 Å². The molecule has 0 bridgehead atoms. The Balaban J connectivity index is 3.31. The van der Waals surface area contributed by atoms with Crippen LogP contribution < -0.4 is 0 Å². The summed E-state index contributed by atoms with van der Waals surface area (Å²) < 4.78 is 0. The van der Waals surface area contributed by atoms with Crippen LogP contribution in [0.4, 0.5) is 0 Å². The lowest BCUT2D eigenvalue weighted by atomic mass is 10.0. The van der Waals surface area contributed by atoms with Crippen molar-refractivity contribution in [1.82, 2.24) is 0 Å². The summed E-state index contributed by atoms with van der Waals surface area (Å²) >= 11 is 0. The summed E-state index contributed by atoms with van der Waals surface area (Å²) in [4.78, 5) is 20.9. The first-order valence-electron chi connectivity index (χ1n) is 4.26. The minimum Gasteiger partial charge on any atom is -0.481 e. The number of carbonyl (C=O) groups is 2. The molecule has 0 radical (unpaired) electrons. The summed E-state index contributed by atoms with van der Waals surface area (Å²) in [7, 11) is 0. The van der Waals surface area contributed by atoms with Crippen molar-refractivity contribution in [3.05, 3.63) is 0 Å². The summed E-state index contributed by atoms with van der Waals surface area (Å²) in [6.07, 6.45) is 2.88. The van der Waals surface area contributed by atoms with Crippen LogP contribution in [0.5, 0.6) is 0 Å². The largest absolute Gasteiger partial charge is 0.481 e. The summed E-state index contributed by atoms with van der Waals surface area (Å²) in [6, 6.07) is 0. The molecule has 3 nitrogen and oxygen atoms in total. The molecule has 0 aliphatic heterocycles. The normalized spacial score (nSPS) is 12.5. The zero-order chi connectivity index (χ0) is 9.56. The number of Topliss-reactive ketones (excluding diaryl/α,β-unsaturated/α-hetero) is 1. The van der Waals surface area contributed by atoms with Crippen LogP contribution in [0.2, 0.25) is 0 Å². The van der Waals surface area contributed by atoms with E-state index < -0.39 is 5.97 Å². The van der Waals surface area contributed by atoms with Gasteiger partial charge in [0.25, 0.3) is 0 Å². The number of hydrogen-bond acceptors (Lipinski definition) is 2. The molecular weight excluding hydrogens is 156 g/mol. The van der Waals surface area contributed by atoms with Crippen molar-refractivity contribution in [1.29, 1.82) is 0 Å². The highest BCUT2D eigenvalue weighted by atomic mass is 16.4. The van der Waals surface area contributed by atoms with Crippen LogP contribution in [0.1, 0.15) is 39.5 Å². The van der Waals surface area contributed by atoms with Gasteiger partial charge in [-0.1, -0.05) is 13.3 Å². The number of carbonyl (C=O) groups excluding carboxylic acids is 1. The van der Waals surface area contributed by atoms with Crippen molar-refractivity contribution >= 4 is 11.8 Å². The number of hydrogen-bond donors (Lipinski definition) is 1. The molecule has 0 spiro atoms. The van der Waals surface area contributed by atoms with Gasteiger partial charge in [-0.3, -0.25) is 4.79 Å². The van der Waals surface area contributed by atoms with Gasteiger partial charge < -0.3 is 9.90 Å². The molecule has 0 fully saturated rings. The van der Waals surface area contributed by atoms with Crippen LogP contribution in [0, 0.1) is 5.92 Å². The van der Waals surface area contributed by atoms with Crippen molar-refractivity contribution in [3.8, 4) is 0 Å². The quantitative estimate of drug-likeness (QED) is 0.622. The molecule has 1 N–H and O–H groups in total. The maximum atomic E-state index is 10.5. The zero-order valence-corrected chi connectivity index (χ0v) is 7.67. The Morgan fingerprint density at radius 1 is 1.33 bits per heavy atom. The van der Waals surface area contributed by atoms with Gasteiger partial charge in [0.15, 0.2) is 0 Å². The predicted molar refractivity (Wildman–Crippen MR) is 45.9 cm³/mol. The van der Waals surface area contributed by atoms with Gasteiger partial charge in [0.1, 0.15) is 5.78 Å². The Kier molecular flexibility index (Phi) is 5.34. The first-order valence-corrected chi connectivity index (χ1v) is 4.26. The molecule has 12 heavy (non-hydrogen) atoms. The highest BCUT2D eigenvalue weighted by molar-refractivity contribution is 5.75. The maximum Gasteiger partial charge on any atom is 0.306 e. The fraction of sp³-hybridized carbons (Fsp3) is 0.778. The summed E-state index contributed by atoms with van der Waals surface area (Å²) in [6.45, 7) is 3.25. The molecule has 3 heteroatoms. The Morgan fingerprint density at radius 3 is 2.33 bits per heavy atom. The number of rotatable bonds is 6. The van der Waals surface area contributed by atoms with Crippen LogP contribution in [0.3, 0.4) is 0 Å². The SMILES string of the molecule is CC(=O)CCCC[C@@H](C)C(=O)O. The van der Waals surface area contributed by atoms with E-state index in [0.29, 0.717) is 12.8 Å². The molecule has 0 saturated carbocycles. The topological polar surface area (TPSA) is 54.4 Å². The van der Waals surface area contributed by atoms with E-state index in [9.17, 15) is 9.59 Å². The van der Waals surface area contributed by atoms with E-state index in [2.05, 4.69) is 0 Å². The number of carboxylic acid groups (broad SMARTS) is 1. The van der Waals surface area contributed by atoms with Gasteiger partial charge in [-0.05, 0) is 19.8 Å². The predicted octanol–water partition coefficient (Wildman–Crippen LogP) is 1.86. The monoisotopic (exact) mass is 172 g/mol. The van der Waals surface area contributed by atoms with Crippen LogP contribution >= 0.6 is 0 Å². The third-order valence-corrected chi connectivity index (χ3v) is 1.84. The molecule has 1 atom stereocenters. The Labute approximate surface area is 72.8 Å². The average Bonchev–Trinajstić information content (AvgIpc) is 1.97. The minimum atomic E-state index is -0.752. The van der Waals surface area contributed by atoms with Crippen molar-refractivity contribution < 1.29 is 14.7 Å². The highest BCUT2D eigenvalue weighted by Gasteiger charge is 2.09. The van der Waals surface area contributed by atoms with Gasteiger partial charge in [-0.25, -0.2) is 0 Å². The van der Waals surface area contributed by atoms with Crippen LogP contribution in [0.25, 0.3) is 0 Å². The molecule has 0 heterocycles. The lowest BCUT2D eigenvalue weighted by Crippen LogP contribution is -2.09. The maximum absolute atomic E-state index is 10.5. The third kappa shape index (κ3) is 5.89. The summed E-state index contributed by atoms with van der Waals surface area (Å²) in [5.41, 5.74) is 0. The van der Waals surface area contributed by atoms with Crippen molar-refractivity contribution in [2.75, 3.05) is 0 Å². The minimum absolute atomic E-state index is 0.179. The second-order valence-electron chi connectivity index (χ2n) is 3.19. The molecule has 0 aliphatic rings. The standard InChI is InChI=1S/C9H16O3/c1-7(9(11)12)5-3-4-6-8(2)10/h7H,3-6H2,1-2H3,(H,11,12)/t7-/m1/s1. The second kappa shape index (κ2) is 5.75. The summed E-state index contributed by atoms with van der Waals surface area (Å²) in [5.74, 6) is -0.854. The van der Waals surface area contributed by atoms with Crippen LogP contribution in [-0.4, -0.2) is 16.9 Å². The van der Waals surface area contributed by atoms with Gasteiger partial charge in [0, 0.05) is 6.42 Å². The molecule has 0 aromatic rings. The van der Waals surface area contributed by atoms with E-state index in [1.54, 1.807) is 13.8 Å². The Morgan fingerprint density at radius 2 is 1.92 bits per heavy atom. The lowest BCUT2D eigenvalue weighted by molar-refractivity contribution is -0.141. The number of ketones is 1. The molecule has 0 amide bonds. The van der Waals surface area contributed by atoms with E-state index in [-0.39, 0.29) is 11.7 Å². The van der Waals surface area contributed by atoms with E-state index in [0.717, 1.165) is 12.8 Å². The molecule has 70 valence electrons. The Hall–Kier alpha value is -0.860. The molecule has 0 aromatic carbocycles. The fourth-order valence-corrected chi connectivity index (χ4v) is 0.948. The summed E-state index contributed by atoms with van der Waals surface area (Å²) in [5, 5.41) is 8.52. The molecule has 0 saturated heterocycles. The van der Waals surface area contributed by atoms with Gasteiger partial charge in [-0.15, -0.1) is 0 Å². The molecule has 0 aromatic heterocycles. The number of carboxylic acids is 1. The molecule has 0 rings (SSSR count). The van der Waals surface area contributed by atoms with Gasteiger partial charge >= 0.3 is 5.97 Å². The van der Waals surface area contributed by atoms with Gasteiger partial charge in [-0.2, -0.15) is 0 Å². The Bertz CT molecular complexity index is 163. The highest BCUT2D eigenvalue weighted by Crippen LogP contribution is 2.09. The smallest absolute Gasteiger partial charge is 0.306 e. The average molecular weight is 172 g/mol. The molecular formula is C9H16O3. The molecule has 0 aliphatic carbocycles. The van der Waals surface area contributed by atoms with Crippen molar-refractivity contribution in [2.45, 2.75) is 39.5 Å². The zero-order valence-electron chi connectivity index (χ0n) is 7.67. The number of unbranched alkanes of at least 4 members (excludes halogenated alkanes) is 1. The van der Waals surface area contributed by atoms with Gasteiger partial charge in [0.2, 0.25) is 0 Å². The first kappa shape index (κ1) is 11.1. The second-order valence-corrected chi connectivity index (χ2v) is 3.19. The fourth-order valence-electron chi connectivity index (χ4n) is 0.948. The lowest BCUT2D eigenvalue weighted by Gasteiger charge is -2.03. The van der Waals surface area contributed by atoms with E-state index >= 15 is 0 Å². The van der Waals surface area contributed by atoms with E-state index in [1.807, 2.05) is 0 Å². The van der Waals surface area contributed by atoms with Crippen molar-refractivity contribution in [3.63, 3.8) is 0 Å². The van der Waals surface area contributed by atoms with Gasteiger partial charge in [0.05, 0.1) is 5.92 Å². The first-order chi connectivity index (χ1) is 5.54. The van der Waals surface area contributed by atoms with E-state index in [4.69, 9.17) is 5.11 Å². The van der Waals surface area contributed by atoms with Crippen LogP contribution in [-0.2, 0) is 9.59 Å². The van der Waals surface area contributed by atoms with Crippen LogP contribution in [0.15, 0.2) is 0 Å².